The van der Waals surface area contributed by atoms with Gasteiger partial charge in [-0.1, -0.05) is 18.9 Å². The van der Waals surface area contributed by atoms with Crippen molar-refractivity contribution in [3.05, 3.63) is 29.3 Å². The monoisotopic (exact) mass is 461 g/mol. The van der Waals surface area contributed by atoms with Crippen LogP contribution in [0.3, 0.4) is 0 Å². The normalized spacial score (nSPS) is 23.2. The number of halogens is 1. The fraction of sp³-hybridized carbons (Fsp3) is 0.632. The average molecular weight is 461 g/mol. The third kappa shape index (κ3) is 6.85. The molecule has 3 atom stereocenters. The summed E-state index contributed by atoms with van der Waals surface area (Å²) in [5.74, 6) is 0.869. The molecule has 0 aliphatic carbocycles. The number of carbonyl (C=O) groups excluding carboxylic acids is 1. The summed E-state index contributed by atoms with van der Waals surface area (Å²) < 4.78 is 28.6. The summed E-state index contributed by atoms with van der Waals surface area (Å²) in [6.07, 6.45) is 5.14. The second kappa shape index (κ2) is 10.8. The zero-order valence-corrected chi connectivity index (χ0v) is 18.4. The van der Waals surface area contributed by atoms with Gasteiger partial charge in [0.2, 0.25) is 0 Å². The second-order valence-electron chi connectivity index (χ2n) is 7.63. The van der Waals surface area contributed by atoms with Gasteiger partial charge in [-0.2, -0.15) is 11.8 Å². The Morgan fingerprint density at radius 3 is 2.83 bits per heavy atom. The van der Waals surface area contributed by atoms with E-state index in [2.05, 4.69) is 20.5 Å². The Bertz CT molecular complexity index is 781. The number of benzene rings is 1. The number of urea groups is 1. The van der Waals surface area contributed by atoms with Crippen molar-refractivity contribution in [3.63, 3.8) is 0 Å². The molecule has 0 aromatic heterocycles. The van der Waals surface area contributed by atoms with E-state index >= 15 is 0 Å². The van der Waals surface area contributed by atoms with Crippen LogP contribution in [-0.2, 0) is 17.7 Å². The van der Waals surface area contributed by atoms with Gasteiger partial charge in [-0.05, 0) is 50.0 Å². The second-order valence-corrected chi connectivity index (χ2v) is 10.1. The lowest BCUT2D eigenvalue weighted by atomic mass is 10.0. The fourth-order valence-corrected chi connectivity index (χ4v) is 5.86. The van der Waals surface area contributed by atoms with E-state index in [0.717, 1.165) is 50.1 Å². The lowest BCUT2D eigenvalue weighted by Crippen LogP contribution is -2.36. The number of hydrogen-bond donors (Lipinski definition) is 5. The Labute approximate surface area is 180 Å². The summed E-state index contributed by atoms with van der Waals surface area (Å²) in [7, 11) is -4.70. The van der Waals surface area contributed by atoms with E-state index < -0.39 is 14.5 Å². The van der Waals surface area contributed by atoms with Crippen LogP contribution in [0.5, 0.6) is 5.75 Å². The number of hydrogen-bond acceptors (Lipinski definition) is 5. The number of carbonyl (C=O) groups is 1. The van der Waals surface area contributed by atoms with Crippen molar-refractivity contribution in [2.24, 2.45) is 0 Å². The van der Waals surface area contributed by atoms with Crippen LogP contribution in [0.1, 0.15) is 36.8 Å². The van der Waals surface area contributed by atoms with Crippen molar-refractivity contribution in [1.29, 1.82) is 0 Å². The molecule has 11 heteroatoms. The van der Waals surface area contributed by atoms with Crippen LogP contribution in [-0.4, -0.2) is 52.0 Å². The van der Waals surface area contributed by atoms with E-state index in [9.17, 15) is 13.8 Å². The van der Waals surface area contributed by atoms with Crippen LogP contribution in [0.4, 0.5) is 9.18 Å². The minimum Gasteiger partial charge on any atom is -0.404 e. The first kappa shape index (κ1) is 23.3. The van der Waals surface area contributed by atoms with Gasteiger partial charge in [-0.3, -0.25) is 9.79 Å². The van der Waals surface area contributed by atoms with E-state index in [1.54, 1.807) is 12.1 Å². The smallest absolute Gasteiger partial charge is 0.404 e. The molecule has 1 aromatic rings. The summed E-state index contributed by atoms with van der Waals surface area (Å²) in [5.41, 5.74) is 1.02. The van der Waals surface area contributed by atoms with Crippen LogP contribution in [0.2, 0.25) is 0 Å². The van der Waals surface area contributed by atoms with Gasteiger partial charge in [0.15, 0.2) is 0 Å². The summed E-state index contributed by atoms with van der Waals surface area (Å²) in [4.78, 5) is 29.1. The molecular weight excluding hydrogens is 432 g/mol. The first-order chi connectivity index (χ1) is 14.4. The van der Waals surface area contributed by atoms with Gasteiger partial charge in [0, 0.05) is 16.6 Å². The zero-order chi connectivity index (χ0) is 21.6. The number of phosphoric ester groups is 1. The zero-order valence-electron chi connectivity index (χ0n) is 16.7. The lowest BCUT2D eigenvalue weighted by molar-refractivity contribution is 0.246. The van der Waals surface area contributed by atoms with Crippen LogP contribution in [0, 0.1) is 0 Å². The number of unbranched alkanes of at least 4 members (excludes halogenated alkanes) is 2. The molecule has 2 aliphatic rings. The van der Waals surface area contributed by atoms with E-state index in [-0.39, 0.29) is 29.4 Å². The lowest BCUT2D eigenvalue weighted by Gasteiger charge is -2.16. The van der Waals surface area contributed by atoms with Crippen molar-refractivity contribution in [1.82, 2.24) is 16.0 Å². The van der Waals surface area contributed by atoms with Crippen LogP contribution in [0.15, 0.2) is 18.2 Å². The Morgan fingerprint density at radius 1 is 1.23 bits per heavy atom. The molecule has 2 amide bonds. The predicted octanol–water partition coefficient (Wildman–Crippen LogP) is 2.49. The molecule has 168 valence electrons. The van der Waals surface area contributed by atoms with Gasteiger partial charge < -0.3 is 20.5 Å². The van der Waals surface area contributed by atoms with E-state index in [1.165, 1.54) is 6.07 Å². The summed E-state index contributed by atoms with van der Waals surface area (Å²) in [5, 5.41) is 9.86. The Kier molecular flexibility index (Phi) is 8.42. The van der Waals surface area contributed by atoms with Gasteiger partial charge in [0.1, 0.15) is 12.4 Å². The molecule has 0 saturated carbocycles. The summed E-state index contributed by atoms with van der Waals surface area (Å²) in [6, 6.07) is 5.18. The van der Waals surface area contributed by atoms with Crippen molar-refractivity contribution in [2.45, 2.75) is 56.1 Å². The van der Waals surface area contributed by atoms with Gasteiger partial charge in [0.05, 0.1) is 12.1 Å². The highest BCUT2D eigenvalue weighted by Gasteiger charge is 2.42. The maximum absolute atomic E-state index is 13.1. The maximum atomic E-state index is 13.1. The summed E-state index contributed by atoms with van der Waals surface area (Å²) >= 11 is 1.94. The Morgan fingerprint density at radius 2 is 2.07 bits per heavy atom. The van der Waals surface area contributed by atoms with Crippen molar-refractivity contribution in [3.8, 4) is 5.75 Å². The summed E-state index contributed by atoms with van der Waals surface area (Å²) in [6.45, 7) is 0.791. The minimum atomic E-state index is -4.70. The quantitative estimate of drug-likeness (QED) is 0.184. The molecule has 2 aliphatic heterocycles. The van der Waals surface area contributed by atoms with Gasteiger partial charge in [-0.15, -0.1) is 0 Å². The van der Waals surface area contributed by atoms with Crippen LogP contribution in [0.25, 0.3) is 0 Å². The number of phosphoric acid groups is 1. The fourth-order valence-electron chi connectivity index (χ4n) is 3.88. The van der Waals surface area contributed by atoms with Gasteiger partial charge in [-0.25, -0.2) is 13.8 Å². The molecule has 2 heterocycles. The first-order valence-electron chi connectivity index (χ1n) is 10.2. The van der Waals surface area contributed by atoms with Crippen molar-refractivity contribution >= 4 is 25.6 Å². The van der Waals surface area contributed by atoms with Crippen LogP contribution >= 0.6 is 19.6 Å². The molecule has 5 N–H and O–H groups in total. The highest BCUT2D eigenvalue weighted by molar-refractivity contribution is 8.00. The number of amides is 2. The highest BCUT2D eigenvalue weighted by Crippen LogP contribution is 2.39. The Hall–Kier alpha value is -1.32. The molecule has 0 radical (unpaired) electrons. The molecule has 2 fully saturated rings. The minimum absolute atomic E-state index is 0.0397. The number of nitrogens with one attached hydrogen (secondary N) is 3. The average Bonchev–Trinajstić information content (AvgIpc) is 3.23. The number of fused-ring (bicyclic) bond motifs is 1. The van der Waals surface area contributed by atoms with Gasteiger partial charge in [0.25, 0.3) is 0 Å². The molecule has 3 rings (SSSR count). The maximum Gasteiger partial charge on any atom is 0.524 e. The number of rotatable bonds is 12. The number of thioether (sulfide) groups is 1. The molecule has 0 spiro atoms. The molecule has 0 bridgehead atoms. The molecule has 1 aromatic carbocycles. The largest absolute Gasteiger partial charge is 0.524 e. The molecule has 2 saturated heterocycles. The molecule has 3 unspecified atom stereocenters. The molecular formula is C19H29FN3O5PS. The molecule has 8 nitrogen and oxygen atoms in total. The topological polar surface area (TPSA) is 120 Å². The first-order valence-corrected chi connectivity index (χ1v) is 12.8. The number of alkyl halides is 1. The standard InChI is InChI=1S/C19H29FN3O5PS/c20-11-14-10-13(5-6-16(14)28-29(25,26)27)7-9-21-8-3-1-2-4-17-18-15(12-30-17)22-19(24)23-18/h5-6,10,15,17-18,21H,1-4,7-9,11-12H2,(H2,22,23,24)(H2,25,26,27). The van der Waals surface area contributed by atoms with Crippen molar-refractivity contribution < 1.29 is 28.1 Å². The van der Waals surface area contributed by atoms with Crippen LogP contribution < -0.4 is 20.5 Å². The third-order valence-electron chi connectivity index (χ3n) is 5.36. The van der Waals surface area contributed by atoms with Gasteiger partial charge >= 0.3 is 13.9 Å². The Balaban J connectivity index is 1.27. The predicted molar refractivity (Wildman–Crippen MR) is 114 cm³/mol. The molecule has 30 heavy (non-hydrogen) atoms. The third-order valence-corrected chi connectivity index (χ3v) is 7.30. The highest BCUT2D eigenvalue weighted by atomic mass is 32.2. The van der Waals surface area contributed by atoms with E-state index in [4.69, 9.17) is 9.79 Å². The van der Waals surface area contributed by atoms with E-state index in [1.807, 2.05) is 11.8 Å². The SMILES string of the molecule is O=C1NC2CSC(CCCCCNCCc3ccc(OP(=O)(O)O)c(CF)c3)C2N1. The van der Waals surface area contributed by atoms with E-state index in [0.29, 0.717) is 11.7 Å². The van der Waals surface area contributed by atoms with Crippen molar-refractivity contribution in [2.75, 3.05) is 18.8 Å².